The Morgan fingerprint density at radius 2 is 1.64 bits per heavy atom. The monoisotopic (exact) mass is 308 g/mol. The molecule has 0 saturated carbocycles. The second-order valence-corrected chi connectivity index (χ2v) is 5.72. The van der Waals surface area contributed by atoms with Crippen LogP contribution in [0.4, 0.5) is 0 Å². The Hall–Kier alpha value is -2.31. The van der Waals surface area contributed by atoms with Crippen LogP contribution in [-0.4, -0.2) is 36.1 Å². The zero-order valence-corrected chi connectivity index (χ0v) is 13.9. The molecule has 0 atom stereocenters. The number of carbonyl (C=O) groups is 1. The van der Waals surface area contributed by atoms with Crippen LogP contribution in [0.2, 0.25) is 0 Å². The second kappa shape index (κ2) is 7.11. The van der Waals surface area contributed by atoms with Crippen molar-refractivity contribution in [3.8, 4) is 11.8 Å². The molecule has 0 unspecified atom stereocenters. The number of aldehydes is 1. The van der Waals surface area contributed by atoms with Gasteiger partial charge in [-0.05, 0) is 11.8 Å². The van der Waals surface area contributed by atoms with Gasteiger partial charge in [-0.1, -0.05) is 27.7 Å². The van der Waals surface area contributed by atoms with Crippen LogP contribution in [0.25, 0.3) is 0 Å². The van der Waals surface area contributed by atoms with E-state index in [1.807, 2.05) is 27.7 Å². The first-order chi connectivity index (χ1) is 10.2. The molecule has 0 radical (unpaired) electrons. The average Bonchev–Trinajstić information content (AvgIpc) is 2.92. The molecule has 2 aromatic heterocycles. The number of aromatic nitrogens is 4. The SMILES string of the molecule is CC(C)c1cc(O)n(C)n1.CC(C)c1nn(C)c(O)c1C=O. The Kier molecular flexibility index (Phi) is 5.73. The lowest BCUT2D eigenvalue weighted by Crippen LogP contribution is -1.94. The van der Waals surface area contributed by atoms with Crippen LogP contribution in [0.15, 0.2) is 6.07 Å². The summed E-state index contributed by atoms with van der Waals surface area (Å²) in [7, 11) is 3.33. The standard InChI is InChI=1S/C8H12N2O2.C7H12N2O/c1-5(2)7-6(4-11)8(12)10(3)9-7;1-5(2)6-4-7(10)9(3)8-6/h4-5,12H,1-3H3;4-5,10H,1-3H3. The molecule has 122 valence electrons. The van der Waals surface area contributed by atoms with Crippen molar-refractivity contribution in [3.63, 3.8) is 0 Å². The number of aryl methyl sites for hydroxylation is 2. The molecule has 2 heterocycles. The number of nitrogens with zero attached hydrogens (tertiary/aromatic N) is 4. The fraction of sp³-hybridized carbons (Fsp3) is 0.533. The van der Waals surface area contributed by atoms with Gasteiger partial charge in [0.05, 0.1) is 17.0 Å². The maximum absolute atomic E-state index is 10.6. The maximum Gasteiger partial charge on any atom is 0.220 e. The molecule has 2 rings (SSSR count). The van der Waals surface area contributed by atoms with Crippen molar-refractivity contribution in [2.75, 3.05) is 0 Å². The predicted molar refractivity (Wildman–Crippen MR) is 83.3 cm³/mol. The summed E-state index contributed by atoms with van der Waals surface area (Å²) in [4.78, 5) is 10.6. The Labute approximate surface area is 130 Å². The fourth-order valence-corrected chi connectivity index (χ4v) is 1.85. The third kappa shape index (κ3) is 3.87. The molecule has 7 nitrogen and oxygen atoms in total. The third-order valence-electron chi connectivity index (χ3n) is 3.21. The summed E-state index contributed by atoms with van der Waals surface area (Å²) in [6.07, 6.45) is 0.637. The van der Waals surface area contributed by atoms with Crippen LogP contribution in [0.3, 0.4) is 0 Å². The molecular weight excluding hydrogens is 284 g/mol. The largest absolute Gasteiger partial charge is 0.493 e. The molecular formula is C15H24N4O3. The van der Waals surface area contributed by atoms with E-state index in [1.165, 1.54) is 9.36 Å². The summed E-state index contributed by atoms with van der Waals surface area (Å²) in [6.45, 7) is 7.94. The van der Waals surface area contributed by atoms with Crippen molar-refractivity contribution in [2.45, 2.75) is 39.5 Å². The number of hydrogen-bond acceptors (Lipinski definition) is 5. The van der Waals surface area contributed by atoms with E-state index in [9.17, 15) is 9.90 Å². The molecule has 0 aliphatic rings. The minimum Gasteiger partial charge on any atom is -0.493 e. The van der Waals surface area contributed by atoms with E-state index in [2.05, 4.69) is 10.2 Å². The van der Waals surface area contributed by atoms with Gasteiger partial charge in [0.2, 0.25) is 11.8 Å². The highest BCUT2D eigenvalue weighted by molar-refractivity contribution is 5.80. The molecule has 0 saturated heterocycles. The molecule has 0 aromatic carbocycles. The minimum atomic E-state index is -0.0614. The van der Waals surface area contributed by atoms with E-state index in [0.717, 1.165) is 5.69 Å². The lowest BCUT2D eigenvalue weighted by molar-refractivity contribution is 0.111. The lowest BCUT2D eigenvalue weighted by atomic mass is 10.1. The summed E-state index contributed by atoms with van der Waals surface area (Å²) in [5.74, 6) is 0.696. The smallest absolute Gasteiger partial charge is 0.220 e. The highest BCUT2D eigenvalue weighted by Crippen LogP contribution is 2.23. The van der Waals surface area contributed by atoms with Crippen molar-refractivity contribution >= 4 is 6.29 Å². The molecule has 0 amide bonds. The van der Waals surface area contributed by atoms with E-state index in [0.29, 0.717) is 23.5 Å². The van der Waals surface area contributed by atoms with Crippen LogP contribution in [0.1, 0.15) is 61.3 Å². The third-order valence-corrected chi connectivity index (χ3v) is 3.21. The molecule has 0 aliphatic heterocycles. The number of carbonyl (C=O) groups excluding carboxylic acids is 1. The molecule has 0 spiro atoms. The zero-order valence-electron chi connectivity index (χ0n) is 13.9. The zero-order chi connectivity index (χ0) is 17.0. The van der Waals surface area contributed by atoms with Gasteiger partial charge in [0, 0.05) is 20.2 Å². The van der Waals surface area contributed by atoms with Crippen LogP contribution in [-0.2, 0) is 14.1 Å². The van der Waals surface area contributed by atoms with E-state index in [-0.39, 0.29) is 17.7 Å². The van der Waals surface area contributed by atoms with Crippen LogP contribution < -0.4 is 0 Å². The molecule has 2 N–H and O–H groups in total. The van der Waals surface area contributed by atoms with Gasteiger partial charge in [0.25, 0.3) is 0 Å². The first-order valence-electron chi connectivity index (χ1n) is 7.12. The second-order valence-electron chi connectivity index (χ2n) is 5.72. The van der Waals surface area contributed by atoms with Gasteiger partial charge >= 0.3 is 0 Å². The van der Waals surface area contributed by atoms with Crippen LogP contribution >= 0.6 is 0 Å². The van der Waals surface area contributed by atoms with Crippen molar-refractivity contribution in [2.24, 2.45) is 14.1 Å². The summed E-state index contributed by atoms with van der Waals surface area (Å²) < 4.78 is 2.77. The first-order valence-corrected chi connectivity index (χ1v) is 7.12. The number of aromatic hydroxyl groups is 2. The van der Waals surface area contributed by atoms with Crippen molar-refractivity contribution < 1.29 is 15.0 Å². The summed E-state index contributed by atoms with van der Waals surface area (Å²) in [5.41, 5.74) is 1.87. The fourth-order valence-electron chi connectivity index (χ4n) is 1.85. The predicted octanol–water partition coefficient (Wildman–Crippen LogP) is 2.31. The Bertz CT molecular complexity index is 622. The minimum absolute atomic E-state index is 0.0614. The van der Waals surface area contributed by atoms with Gasteiger partial charge in [-0.25, -0.2) is 9.36 Å². The molecule has 7 heteroatoms. The van der Waals surface area contributed by atoms with E-state index < -0.39 is 0 Å². The molecule has 22 heavy (non-hydrogen) atoms. The van der Waals surface area contributed by atoms with Crippen molar-refractivity contribution in [3.05, 3.63) is 23.0 Å². The average molecular weight is 308 g/mol. The van der Waals surface area contributed by atoms with E-state index in [1.54, 1.807) is 20.2 Å². The summed E-state index contributed by atoms with van der Waals surface area (Å²) in [5, 5.41) is 26.5. The van der Waals surface area contributed by atoms with Crippen LogP contribution in [0, 0.1) is 0 Å². The Morgan fingerprint density at radius 3 is 1.91 bits per heavy atom. The highest BCUT2D eigenvalue weighted by Gasteiger charge is 2.16. The molecule has 2 aromatic rings. The van der Waals surface area contributed by atoms with Crippen molar-refractivity contribution in [1.82, 2.24) is 19.6 Å². The molecule has 0 fully saturated rings. The molecule has 0 bridgehead atoms. The number of rotatable bonds is 3. The lowest BCUT2D eigenvalue weighted by Gasteiger charge is -1.98. The molecule has 0 aliphatic carbocycles. The topological polar surface area (TPSA) is 93.2 Å². The van der Waals surface area contributed by atoms with Crippen molar-refractivity contribution in [1.29, 1.82) is 0 Å². The van der Waals surface area contributed by atoms with E-state index >= 15 is 0 Å². The van der Waals surface area contributed by atoms with Crippen LogP contribution in [0.5, 0.6) is 11.8 Å². The quantitative estimate of drug-likeness (QED) is 0.849. The highest BCUT2D eigenvalue weighted by atomic mass is 16.3. The van der Waals surface area contributed by atoms with E-state index in [4.69, 9.17) is 5.11 Å². The Morgan fingerprint density at radius 1 is 1.05 bits per heavy atom. The van der Waals surface area contributed by atoms with Gasteiger partial charge in [-0.2, -0.15) is 10.2 Å². The van der Waals surface area contributed by atoms with Gasteiger partial charge in [-0.15, -0.1) is 0 Å². The summed E-state index contributed by atoms with van der Waals surface area (Å²) in [6, 6.07) is 1.69. The Balaban J connectivity index is 0.000000224. The first kappa shape index (κ1) is 17.7. The number of hydrogen-bond donors (Lipinski definition) is 2. The van der Waals surface area contributed by atoms with Gasteiger partial charge in [0.15, 0.2) is 6.29 Å². The maximum atomic E-state index is 10.6. The van der Waals surface area contributed by atoms with Gasteiger partial charge in [-0.3, -0.25) is 4.79 Å². The normalized spacial score (nSPS) is 10.7. The van der Waals surface area contributed by atoms with Gasteiger partial charge < -0.3 is 10.2 Å². The van der Waals surface area contributed by atoms with Gasteiger partial charge in [0.1, 0.15) is 0 Å². The summed E-state index contributed by atoms with van der Waals surface area (Å²) >= 11 is 0.